The molecule has 0 saturated carbocycles. The van der Waals surface area contributed by atoms with Crippen LogP contribution in [-0.2, 0) is 14.8 Å². The predicted molar refractivity (Wildman–Crippen MR) is 221 cm³/mol. The van der Waals surface area contributed by atoms with Crippen molar-refractivity contribution in [3.63, 3.8) is 0 Å². The first-order valence-electron chi connectivity index (χ1n) is 17.8. The topological polar surface area (TPSA) is 0 Å². The second kappa shape index (κ2) is 12.4. The summed E-state index contributed by atoms with van der Waals surface area (Å²) < 4.78 is -0.0373. The van der Waals surface area contributed by atoms with Crippen LogP contribution in [0.15, 0.2) is 163 Å². The normalized spacial score (nSPS) is 16.9. The molecule has 0 bridgehead atoms. The SMILES string of the molecule is CC1=Cc2c(-c3cccc4ccccc34)cccc2[CH]1[Hf]([Cl])([Cl])([CH]1C(C)=Cc2c(-c3cccc4ccccc34)cccc21)=[Si](C)c1ccccc1. The average molecular weight is 880 g/mol. The van der Waals surface area contributed by atoms with E-state index in [2.05, 4.69) is 184 Å². The van der Waals surface area contributed by atoms with Crippen LogP contribution in [0.1, 0.15) is 43.5 Å². The van der Waals surface area contributed by atoms with E-state index in [9.17, 15) is 0 Å². The molecule has 0 nitrogen and oxygen atoms in total. The van der Waals surface area contributed by atoms with E-state index in [1.165, 1.54) is 82.4 Å². The molecule has 0 aliphatic heterocycles. The average Bonchev–Trinajstić information content (AvgIpc) is 3.71. The van der Waals surface area contributed by atoms with Crippen molar-refractivity contribution >= 4 is 61.5 Å². The Balaban J connectivity index is 1.31. The fourth-order valence-electron chi connectivity index (χ4n) is 9.46. The van der Waals surface area contributed by atoms with Crippen molar-refractivity contribution in [3.8, 4) is 22.3 Å². The van der Waals surface area contributed by atoms with Crippen molar-refractivity contribution in [2.24, 2.45) is 0 Å². The predicted octanol–water partition coefficient (Wildman–Crippen LogP) is 13.5. The molecule has 0 spiro atoms. The van der Waals surface area contributed by atoms with Crippen molar-refractivity contribution < 1.29 is 14.8 Å². The molecule has 0 amide bonds. The number of rotatable bonds is 5. The van der Waals surface area contributed by atoms with Crippen LogP contribution in [0.3, 0.4) is 0 Å². The number of halogens is 2. The van der Waals surface area contributed by atoms with Gasteiger partial charge in [-0.1, -0.05) is 0 Å². The Hall–Kier alpha value is -3.79. The van der Waals surface area contributed by atoms with Crippen molar-refractivity contribution in [3.05, 3.63) is 185 Å². The molecule has 51 heavy (non-hydrogen) atoms. The second-order valence-electron chi connectivity index (χ2n) is 14.5. The number of allylic oxidation sites excluding steroid dienone is 2. The molecule has 2 aliphatic rings. The Morgan fingerprint density at radius 1 is 0.451 bits per heavy atom. The van der Waals surface area contributed by atoms with Crippen LogP contribution < -0.4 is 5.19 Å². The molecule has 9 rings (SSSR count). The van der Waals surface area contributed by atoms with Crippen molar-refractivity contribution in [2.75, 3.05) is 0 Å². The fraction of sp³-hybridized carbons (Fsp3) is 0.106. The van der Waals surface area contributed by atoms with Crippen LogP contribution in [0.5, 0.6) is 0 Å². The first kappa shape index (κ1) is 33.1. The summed E-state index contributed by atoms with van der Waals surface area (Å²) in [6.07, 6.45) is 4.83. The molecule has 2 unspecified atom stereocenters. The van der Waals surface area contributed by atoms with Gasteiger partial charge in [-0.15, -0.1) is 0 Å². The molecule has 0 heterocycles. The summed E-state index contributed by atoms with van der Waals surface area (Å²) in [6, 6.07) is 55.3. The summed E-state index contributed by atoms with van der Waals surface area (Å²) in [7, 11) is 17.7. The van der Waals surface area contributed by atoms with Gasteiger partial charge >= 0.3 is 311 Å². The van der Waals surface area contributed by atoms with Crippen molar-refractivity contribution in [2.45, 2.75) is 27.7 Å². The van der Waals surface area contributed by atoms with Gasteiger partial charge in [0.1, 0.15) is 0 Å². The molecule has 4 heteroatoms. The molecule has 0 aromatic heterocycles. The van der Waals surface area contributed by atoms with Crippen molar-refractivity contribution in [1.29, 1.82) is 0 Å². The molecule has 0 fully saturated rings. The zero-order valence-electron chi connectivity index (χ0n) is 29.0. The van der Waals surface area contributed by atoms with E-state index in [1.807, 2.05) is 0 Å². The van der Waals surface area contributed by atoms with Crippen LogP contribution in [0.4, 0.5) is 0 Å². The van der Waals surface area contributed by atoms with Gasteiger partial charge in [0.25, 0.3) is 0 Å². The van der Waals surface area contributed by atoms with Gasteiger partial charge in [-0.25, -0.2) is 0 Å². The van der Waals surface area contributed by atoms with E-state index in [0.29, 0.717) is 0 Å². The summed E-state index contributed by atoms with van der Waals surface area (Å²) in [4.78, 5) is 0. The van der Waals surface area contributed by atoms with Crippen LogP contribution in [0.2, 0.25) is 6.55 Å². The van der Waals surface area contributed by atoms with Crippen LogP contribution in [-0.4, -0.2) is 5.49 Å². The zero-order chi connectivity index (χ0) is 34.9. The Kier molecular flexibility index (Phi) is 8.05. The molecule has 2 atom stereocenters. The molecule has 7 aromatic carbocycles. The molecule has 0 radical (unpaired) electrons. The van der Waals surface area contributed by atoms with E-state index in [-0.39, 0.29) is 7.35 Å². The third kappa shape index (κ3) is 5.01. The minimum atomic E-state index is -5.33. The quantitative estimate of drug-likeness (QED) is 0.151. The zero-order valence-corrected chi connectivity index (χ0v) is 35.1. The van der Waals surface area contributed by atoms with E-state index in [4.69, 9.17) is 17.2 Å². The van der Waals surface area contributed by atoms with E-state index in [1.54, 1.807) is 0 Å². The second-order valence-corrected chi connectivity index (χ2v) is 65.7. The van der Waals surface area contributed by atoms with Gasteiger partial charge in [0.2, 0.25) is 0 Å². The summed E-state index contributed by atoms with van der Waals surface area (Å²) in [5.41, 5.74) is 11.3. The molecular formula is C47H38Cl2HfSi. The van der Waals surface area contributed by atoms with Gasteiger partial charge in [-0.05, 0) is 0 Å². The Morgan fingerprint density at radius 3 is 1.33 bits per heavy atom. The van der Waals surface area contributed by atoms with E-state index in [0.717, 1.165) is 0 Å². The van der Waals surface area contributed by atoms with Crippen LogP contribution in [0, 0.1) is 0 Å². The Bertz CT molecular complexity index is 2530. The summed E-state index contributed by atoms with van der Waals surface area (Å²) in [5.74, 6) is 0. The molecule has 0 saturated heterocycles. The standard InChI is InChI=1S/2C20H15.C7H8Si.2ClH.Hf/c2*1-14-12-16-8-5-11-19(20(16)13-14)18-10-4-7-15-6-2-3-9-17(15)18;1-8-7-5-3-2-4-6-7;;;/h2*2-13H,1H3;2-6H,1H3;2*1H;/q;;;;;+2/p-2. The fourth-order valence-corrected chi connectivity index (χ4v) is 63.5. The molecule has 0 N–H and O–H groups in total. The summed E-state index contributed by atoms with van der Waals surface area (Å²) >= 11 is -5.33. The van der Waals surface area contributed by atoms with Gasteiger partial charge in [-0.2, -0.15) is 0 Å². The van der Waals surface area contributed by atoms with E-state index < -0.39 is 20.3 Å². The third-order valence-corrected chi connectivity index (χ3v) is 71.8. The molecular weight excluding hydrogens is 842 g/mol. The first-order valence-corrected chi connectivity index (χ1v) is 38.2. The number of benzene rings is 7. The summed E-state index contributed by atoms with van der Waals surface area (Å²) in [5, 5.41) is 6.34. The Morgan fingerprint density at radius 2 is 0.843 bits per heavy atom. The van der Waals surface area contributed by atoms with Gasteiger partial charge in [0.15, 0.2) is 0 Å². The van der Waals surface area contributed by atoms with Gasteiger partial charge in [0, 0.05) is 0 Å². The monoisotopic (exact) mass is 880 g/mol. The van der Waals surface area contributed by atoms with Gasteiger partial charge in [-0.3, -0.25) is 0 Å². The third-order valence-electron chi connectivity index (χ3n) is 11.7. The summed E-state index contributed by atoms with van der Waals surface area (Å²) in [6.45, 7) is 7.01. The van der Waals surface area contributed by atoms with Gasteiger partial charge < -0.3 is 0 Å². The minimum absolute atomic E-state index is 0.0186. The molecule has 248 valence electrons. The molecule has 7 aromatic rings. The van der Waals surface area contributed by atoms with Crippen LogP contribution in [0.25, 0.3) is 56.0 Å². The van der Waals surface area contributed by atoms with E-state index >= 15 is 0 Å². The van der Waals surface area contributed by atoms with Gasteiger partial charge in [0.05, 0.1) is 0 Å². The van der Waals surface area contributed by atoms with Crippen molar-refractivity contribution in [1.82, 2.24) is 0 Å². The maximum absolute atomic E-state index is 8.87. The first-order chi connectivity index (χ1) is 24.7. The Labute approximate surface area is 308 Å². The molecule has 2 aliphatic carbocycles. The number of hydrogen-bond acceptors (Lipinski definition) is 0. The number of fused-ring (bicyclic) bond motifs is 4. The maximum atomic E-state index is 8.87. The number of hydrogen-bond donors (Lipinski definition) is 0. The van der Waals surface area contributed by atoms with Crippen LogP contribution >= 0.6 is 17.2 Å².